The van der Waals surface area contributed by atoms with E-state index in [1.165, 1.54) is 7.05 Å². The molecule has 0 rings (SSSR count). The van der Waals surface area contributed by atoms with Crippen LogP contribution in [0.25, 0.3) is 0 Å². The number of carbonyl (C=O) groups is 2. The van der Waals surface area contributed by atoms with Crippen LogP contribution in [0.5, 0.6) is 0 Å². The van der Waals surface area contributed by atoms with Crippen LogP contribution in [0.4, 0.5) is 4.79 Å². The van der Waals surface area contributed by atoms with Gasteiger partial charge in [0.2, 0.25) is 0 Å². The van der Waals surface area contributed by atoms with Crippen molar-refractivity contribution in [1.29, 1.82) is 0 Å². The predicted molar refractivity (Wildman–Crippen MR) is 54.4 cm³/mol. The lowest BCUT2D eigenvalue weighted by Gasteiger charge is -2.08. The van der Waals surface area contributed by atoms with Crippen molar-refractivity contribution in [2.45, 2.75) is 20.8 Å². The lowest BCUT2D eigenvalue weighted by atomic mass is 10.1. The zero-order chi connectivity index (χ0) is 11.8. The number of nitrogens with one attached hydrogen (secondary N) is 1. The molecule has 6 nitrogen and oxygen atoms in total. The summed E-state index contributed by atoms with van der Waals surface area (Å²) in [6.45, 7) is 5.25. The van der Waals surface area contributed by atoms with Gasteiger partial charge in [-0.2, -0.15) is 0 Å². The van der Waals surface area contributed by atoms with E-state index in [1.807, 2.05) is 0 Å². The van der Waals surface area contributed by atoms with Gasteiger partial charge in [-0.25, -0.2) is 4.79 Å². The molecule has 0 saturated carbocycles. The molecule has 1 unspecified atom stereocenters. The summed E-state index contributed by atoms with van der Waals surface area (Å²) >= 11 is 0. The number of rotatable bonds is 4. The number of amides is 1. The van der Waals surface area contributed by atoms with Gasteiger partial charge in [0, 0.05) is 7.05 Å². The van der Waals surface area contributed by atoms with E-state index in [4.69, 9.17) is 4.74 Å². The van der Waals surface area contributed by atoms with Crippen molar-refractivity contribution in [2.24, 2.45) is 11.1 Å². The van der Waals surface area contributed by atoms with Crippen molar-refractivity contribution in [3.63, 3.8) is 0 Å². The molecule has 0 aromatic heterocycles. The molecule has 0 bridgehead atoms. The van der Waals surface area contributed by atoms with Gasteiger partial charge in [0.15, 0.2) is 0 Å². The Labute approximate surface area is 88.6 Å². The summed E-state index contributed by atoms with van der Waals surface area (Å²) in [5, 5.41) is 5.73. The highest BCUT2D eigenvalue weighted by atomic mass is 16.7. The van der Waals surface area contributed by atoms with E-state index in [9.17, 15) is 9.59 Å². The highest BCUT2D eigenvalue weighted by molar-refractivity contribution is 6.00. The zero-order valence-corrected chi connectivity index (χ0v) is 9.36. The molecule has 0 heterocycles. The first-order chi connectivity index (χ1) is 7.02. The van der Waals surface area contributed by atoms with Crippen molar-refractivity contribution in [1.82, 2.24) is 5.32 Å². The highest BCUT2D eigenvalue weighted by Crippen LogP contribution is 2.02. The van der Waals surface area contributed by atoms with E-state index < -0.39 is 12.0 Å². The van der Waals surface area contributed by atoms with Crippen molar-refractivity contribution in [3.05, 3.63) is 0 Å². The summed E-state index contributed by atoms with van der Waals surface area (Å²) in [6, 6.07) is 0. The molecule has 6 heteroatoms. The van der Waals surface area contributed by atoms with Crippen molar-refractivity contribution >= 4 is 17.8 Å². The minimum Gasteiger partial charge on any atom is -0.465 e. The average Bonchev–Trinajstić information content (AvgIpc) is 2.24. The van der Waals surface area contributed by atoms with Gasteiger partial charge >= 0.3 is 12.1 Å². The van der Waals surface area contributed by atoms with E-state index >= 15 is 0 Å². The van der Waals surface area contributed by atoms with Crippen molar-refractivity contribution in [2.75, 3.05) is 13.7 Å². The molecule has 0 radical (unpaired) electrons. The summed E-state index contributed by atoms with van der Waals surface area (Å²) in [7, 11) is 1.42. The van der Waals surface area contributed by atoms with Crippen molar-refractivity contribution < 1.29 is 19.2 Å². The zero-order valence-electron chi connectivity index (χ0n) is 9.36. The molecule has 15 heavy (non-hydrogen) atoms. The molecule has 0 aliphatic rings. The molecular weight excluding hydrogens is 200 g/mol. The quantitative estimate of drug-likeness (QED) is 0.328. The highest BCUT2D eigenvalue weighted by Gasteiger charge is 2.17. The van der Waals surface area contributed by atoms with Gasteiger partial charge < -0.3 is 10.1 Å². The van der Waals surface area contributed by atoms with Crippen LogP contribution in [0.2, 0.25) is 0 Å². The Balaban J connectivity index is 4.23. The van der Waals surface area contributed by atoms with Gasteiger partial charge in [-0.3, -0.25) is 9.63 Å². The number of oxime groups is 1. The molecule has 0 aliphatic carbocycles. The number of esters is 1. The molecule has 1 amide bonds. The number of hydrogen-bond acceptors (Lipinski definition) is 5. The van der Waals surface area contributed by atoms with Crippen LogP contribution in [0.3, 0.4) is 0 Å². The van der Waals surface area contributed by atoms with Crippen LogP contribution in [-0.4, -0.2) is 31.4 Å². The Bertz CT molecular complexity index is 263. The summed E-state index contributed by atoms with van der Waals surface area (Å²) in [4.78, 5) is 26.3. The summed E-state index contributed by atoms with van der Waals surface area (Å²) < 4.78 is 4.78. The molecule has 1 atom stereocenters. The number of nitrogens with zero attached hydrogens (tertiary/aromatic N) is 1. The average molecular weight is 216 g/mol. The Morgan fingerprint density at radius 1 is 1.47 bits per heavy atom. The third kappa shape index (κ3) is 4.99. The fraction of sp³-hybridized carbons (Fsp3) is 0.667. The maximum atomic E-state index is 11.2. The van der Waals surface area contributed by atoms with Crippen LogP contribution in [0.1, 0.15) is 20.8 Å². The van der Waals surface area contributed by atoms with Gasteiger partial charge in [0.05, 0.1) is 18.2 Å². The van der Waals surface area contributed by atoms with Gasteiger partial charge in [-0.15, -0.1) is 0 Å². The minimum atomic E-state index is -0.676. The van der Waals surface area contributed by atoms with Crippen LogP contribution in [0.15, 0.2) is 5.16 Å². The lowest BCUT2D eigenvalue weighted by Crippen LogP contribution is -2.23. The Morgan fingerprint density at radius 3 is 2.53 bits per heavy atom. The second kappa shape index (κ2) is 6.80. The van der Waals surface area contributed by atoms with Crippen LogP contribution in [-0.2, 0) is 14.4 Å². The summed E-state index contributed by atoms with van der Waals surface area (Å²) in [5.74, 6) is -0.908. The molecule has 0 spiro atoms. The number of carbonyl (C=O) groups excluding carboxylic acids is 2. The van der Waals surface area contributed by atoms with Crippen LogP contribution < -0.4 is 5.32 Å². The Kier molecular flexibility index (Phi) is 6.08. The summed E-state index contributed by atoms with van der Waals surface area (Å²) in [5.41, 5.74) is 0.386. The first-order valence-electron chi connectivity index (χ1n) is 4.62. The van der Waals surface area contributed by atoms with Gasteiger partial charge in [-0.05, 0) is 20.8 Å². The minimum absolute atomic E-state index is 0.312. The van der Waals surface area contributed by atoms with E-state index in [2.05, 4.69) is 15.3 Å². The SMILES string of the molecule is CCOC(=O)C(C)C(C)=NOC(=O)NC. The number of hydrogen-bond donors (Lipinski definition) is 1. The fourth-order valence-electron chi connectivity index (χ4n) is 0.676. The Hall–Kier alpha value is -1.59. The van der Waals surface area contributed by atoms with E-state index in [-0.39, 0.29) is 5.97 Å². The molecule has 0 aromatic rings. The molecule has 86 valence electrons. The predicted octanol–water partition coefficient (Wildman–Crippen LogP) is 0.917. The number of ether oxygens (including phenoxy) is 1. The standard InChI is InChI=1S/C9H16N2O4/c1-5-14-8(12)6(2)7(3)11-15-9(13)10-4/h6H,5H2,1-4H3,(H,10,13). The van der Waals surface area contributed by atoms with Crippen molar-refractivity contribution in [3.8, 4) is 0 Å². The molecule has 0 aromatic carbocycles. The third-order valence-electron chi connectivity index (χ3n) is 1.74. The van der Waals surface area contributed by atoms with Crippen LogP contribution >= 0.6 is 0 Å². The molecule has 0 aliphatic heterocycles. The fourth-order valence-corrected chi connectivity index (χ4v) is 0.676. The normalized spacial score (nSPS) is 12.9. The topological polar surface area (TPSA) is 77.0 Å². The second-order valence-electron chi connectivity index (χ2n) is 2.84. The molecule has 0 saturated heterocycles. The maximum absolute atomic E-state index is 11.2. The second-order valence-corrected chi connectivity index (χ2v) is 2.84. The Morgan fingerprint density at radius 2 is 2.07 bits per heavy atom. The van der Waals surface area contributed by atoms with E-state index in [0.717, 1.165) is 0 Å². The third-order valence-corrected chi connectivity index (χ3v) is 1.74. The first-order valence-corrected chi connectivity index (χ1v) is 4.62. The lowest BCUT2D eigenvalue weighted by molar-refractivity contribution is -0.145. The monoisotopic (exact) mass is 216 g/mol. The van der Waals surface area contributed by atoms with Crippen LogP contribution in [0, 0.1) is 5.92 Å². The maximum Gasteiger partial charge on any atom is 0.433 e. The molecular formula is C9H16N2O4. The largest absolute Gasteiger partial charge is 0.465 e. The van der Waals surface area contributed by atoms with E-state index in [1.54, 1.807) is 20.8 Å². The molecule has 0 fully saturated rings. The van der Waals surface area contributed by atoms with Gasteiger partial charge in [0.1, 0.15) is 0 Å². The van der Waals surface area contributed by atoms with Gasteiger partial charge in [0.25, 0.3) is 0 Å². The smallest absolute Gasteiger partial charge is 0.433 e. The molecule has 1 N–H and O–H groups in total. The summed E-state index contributed by atoms with van der Waals surface area (Å²) in [6.07, 6.45) is -0.676. The van der Waals surface area contributed by atoms with Gasteiger partial charge in [-0.1, -0.05) is 5.16 Å². The van der Waals surface area contributed by atoms with E-state index in [0.29, 0.717) is 12.3 Å². The first kappa shape index (κ1) is 13.4.